The van der Waals surface area contributed by atoms with Gasteiger partial charge < -0.3 is 14.6 Å². The van der Waals surface area contributed by atoms with Crippen LogP contribution in [0.3, 0.4) is 0 Å². The molecule has 0 aromatic carbocycles. The average Bonchev–Trinajstić information content (AvgIpc) is 3.24. The van der Waals surface area contributed by atoms with Crippen molar-refractivity contribution >= 4 is 11.6 Å². The first-order chi connectivity index (χ1) is 11.3. The number of fused-ring (bicyclic) bond motifs is 1. The van der Waals surface area contributed by atoms with E-state index in [0.29, 0.717) is 5.91 Å². The standard InChI is InChI=1S/C17H23N5O/c23-17(14-4-5-18-11-14)21-9-7-20(8-10-21)12-15-13-22-6-2-1-3-16(22)19-15/h1-3,6,13-14,18H,4-5,7-12H2. The molecule has 1 atom stereocenters. The summed E-state index contributed by atoms with van der Waals surface area (Å²) in [4.78, 5) is 21.5. The van der Waals surface area contributed by atoms with Crippen LogP contribution < -0.4 is 5.32 Å². The molecule has 4 heterocycles. The van der Waals surface area contributed by atoms with Gasteiger partial charge in [0.1, 0.15) is 5.65 Å². The van der Waals surface area contributed by atoms with Gasteiger partial charge in [0.25, 0.3) is 0 Å². The minimum absolute atomic E-state index is 0.194. The van der Waals surface area contributed by atoms with Gasteiger partial charge in [-0.05, 0) is 25.1 Å². The maximum absolute atomic E-state index is 12.4. The molecule has 0 aliphatic carbocycles. The van der Waals surface area contributed by atoms with Gasteiger partial charge in [-0.25, -0.2) is 4.98 Å². The Kier molecular flexibility index (Phi) is 4.01. The van der Waals surface area contributed by atoms with Gasteiger partial charge in [0.15, 0.2) is 0 Å². The number of rotatable bonds is 3. The van der Waals surface area contributed by atoms with Crippen LogP contribution in [0, 0.1) is 5.92 Å². The molecule has 6 heteroatoms. The van der Waals surface area contributed by atoms with Crippen LogP contribution in [0.2, 0.25) is 0 Å². The Bertz CT molecular complexity index is 650. The Morgan fingerprint density at radius 2 is 2.13 bits per heavy atom. The zero-order chi connectivity index (χ0) is 15.6. The van der Waals surface area contributed by atoms with Crippen molar-refractivity contribution in [1.29, 1.82) is 0 Å². The van der Waals surface area contributed by atoms with E-state index in [-0.39, 0.29) is 5.92 Å². The lowest BCUT2D eigenvalue weighted by molar-refractivity contribution is -0.136. The van der Waals surface area contributed by atoms with E-state index in [2.05, 4.69) is 25.8 Å². The number of carbonyl (C=O) groups excluding carboxylic acids is 1. The summed E-state index contributed by atoms with van der Waals surface area (Å²) in [5, 5.41) is 3.28. The fourth-order valence-corrected chi connectivity index (χ4v) is 3.54. The highest BCUT2D eigenvalue weighted by Crippen LogP contribution is 2.15. The molecule has 1 unspecified atom stereocenters. The van der Waals surface area contributed by atoms with Crippen LogP contribution in [0.4, 0.5) is 0 Å². The first-order valence-electron chi connectivity index (χ1n) is 8.44. The number of amides is 1. The van der Waals surface area contributed by atoms with Crippen molar-refractivity contribution in [3.05, 3.63) is 36.3 Å². The molecule has 0 bridgehead atoms. The number of carbonyl (C=O) groups is 1. The first-order valence-corrected chi connectivity index (χ1v) is 8.44. The summed E-state index contributed by atoms with van der Waals surface area (Å²) in [6.07, 6.45) is 5.11. The summed E-state index contributed by atoms with van der Waals surface area (Å²) in [7, 11) is 0. The molecule has 2 aliphatic heterocycles. The van der Waals surface area contributed by atoms with Crippen molar-refractivity contribution in [3.8, 4) is 0 Å². The molecule has 0 spiro atoms. The minimum atomic E-state index is 0.194. The molecule has 2 aliphatic rings. The average molecular weight is 313 g/mol. The van der Waals surface area contributed by atoms with E-state index in [4.69, 9.17) is 0 Å². The molecule has 2 aromatic rings. The van der Waals surface area contributed by atoms with Crippen LogP contribution in [0.5, 0.6) is 0 Å². The van der Waals surface area contributed by atoms with E-state index in [0.717, 1.165) is 63.6 Å². The smallest absolute Gasteiger partial charge is 0.227 e. The van der Waals surface area contributed by atoms with Gasteiger partial charge in [0.2, 0.25) is 5.91 Å². The van der Waals surface area contributed by atoms with Crippen LogP contribution in [0.15, 0.2) is 30.6 Å². The fraction of sp³-hybridized carbons (Fsp3) is 0.529. The second kappa shape index (κ2) is 6.29. The van der Waals surface area contributed by atoms with E-state index in [1.807, 2.05) is 29.3 Å². The van der Waals surface area contributed by atoms with E-state index in [1.165, 1.54) is 0 Å². The van der Waals surface area contributed by atoms with Crippen molar-refractivity contribution in [3.63, 3.8) is 0 Å². The fourth-order valence-electron chi connectivity index (χ4n) is 3.54. The monoisotopic (exact) mass is 313 g/mol. The second-order valence-electron chi connectivity index (χ2n) is 6.49. The number of hydrogen-bond donors (Lipinski definition) is 1. The number of imidazole rings is 1. The Morgan fingerprint density at radius 3 is 2.87 bits per heavy atom. The quantitative estimate of drug-likeness (QED) is 0.901. The summed E-state index contributed by atoms with van der Waals surface area (Å²) < 4.78 is 2.06. The van der Waals surface area contributed by atoms with Crippen molar-refractivity contribution < 1.29 is 4.79 Å². The number of piperazine rings is 1. The zero-order valence-electron chi connectivity index (χ0n) is 13.3. The number of aromatic nitrogens is 2. The summed E-state index contributed by atoms with van der Waals surface area (Å²) in [5.74, 6) is 0.530. The number of nitrogens with one attached hydrogen (secondary N) is 1. The Morgan fingerprint density at radius 1 is 1.26 bits per heavy atom. The van der Waals surface area contributed by atoms with Gasteiger partial charge in [-0.1, -0.05) is 6.07 Å². The zero-order valence-corrected chi connectivity index (χ0v) is 13.3. The SMILES string of the molecule is O=C(C1CCNC1)N1CCN(Cc2cn3ccccc3n2)CC1. The summed E-state index contributed by atoms with van der Waals surface area (Å²) in [5.41, 5.74) is 2.08. The van der Waals surface area contributed by atoms with Gasteiger partial charge in [-0.15, -0.1) is 0 Å². The lowest BCUT2D eigenvalue weighted by Gasteiger charge is -2.35. The summed E-state index contributed by atoms with van der Waals surface area (Å²) in [6.45, 7) is 6.21. The largest absolute Gasteiger partial charge is 0.340 e. The van der Waals surface area contributed by atoms with Crippen molar-refractivity contribution in [2.45, 2.75) is 13.0 Å². The first kappa shape index (κ1) is 14.7. The molecular weight excluding hydrogens is 290 g/mol. The van der Waals surface area contributed by atoms with Crippen LogP contribution >= 0.6 is 0 Å². The molecular formula is C17H23N5O. The van der Waals surface area contributed by atoms with Crippen molar-refractivity contribution in [2.75, 3.05) is 39.3 Å². The predicted octanol–water partition coefficient (Wildman–Crippen LogP) is 0.588. The lowest BCUT2D eigenvalue weighted by atomic mass is 10.1. The van der Waals surface area contributed by atoms with E-state index < -0.39 is 0 Å². The van der Waals surface area contributed by atoms with Crippen molar-refractivity contribution in [2.24, 2.45) is 5.92 Å². The Balaban J connectivity index is 1.33. The normalized spacial score (nSPS) is 22.8. The number of nitrogens with zero attached hydrogens (tertiary/aromatic N) is 4. The van der Waals surface area contributed by atoms with Crippen LogP contribution in [-0.4, -0.2) is 64.4 Å². The minimum Gasteiger partial charge on any atom is -0.340 e. The van der Waals surface area contributed by atoms with Gasteiger partial charge in [-0.2, -0.15) is 0 Å². The molecule has 122 valence electrons. The van der Waals surface area contributed by atoms with Crippen molar-refractivity contribution in [1.82, 2.24) is 24.5 Å². The van der Waals surface area contributed by atoms with E-state index >= 15 is 0 Å². The third kappa shape index (κ3) is 3.09. The predicted molar refractivity (Wildman–Crippen MR) is 88.0 cm³/mol. The van der Waals surface area contributed by atoms with Crippen LogP contribution in [0.25, 0.3) is 5.65 Å². The van der Waals surface area contributed by atoms with Gasteiger partial charge in [0.05, 0.1) is 11.6 Å². The maximum atomic E-state index is 12.4. The van der Waals surface area contributed by atoms with E-state index in [1.54, 1.807) is 0 Å². The Labute approximate surface area is 136 Å². The van der Waals surface area contributed by atoms with Gasteiger partial charge in [0, 0.05) is 51.7 Å². The highest BCUT2D eigenvalue weighted by Gasteiger charge is 2.29. The third-order valence-corrected chi connectivity index (χ3v) is 4.89. The summed E-state index contributed by atoms with van der Waals surface area (Å²) >= 11 is 0. The molecule has 0 radical (unpaired) electrons. The van der Waals surface area contributed by atoms with Gasteiger partial charge >= 0.3 is 0 Å². The molecule has 4 rings (SSSR count). The lowest BCUT2D eigenvalue weighted by Crippen LogP contribution is -2.50. The number of pyridine rings is 1. The topological polar surface area (TPSA) is 52.9 Å². The highest BCUT2D eigenvalue weighted by atomic mass is 16.2. The molecule has 23 heavy (non-hydrogen) atoms. The molecule has 0 saturated carbocycles. The molecule has 6 nitrogen and oxygen atoms in total. The third-order valence-electron chi connectivity index (χ3n) is 4.89. The summed E-state index contributed by atoms with van der Waals surface area (Å²) in [6, 6.07) is 6.05. The number of hydrogen-bond acceptors (Lipinski definition) is 4. The second-order valence-corrected chi connectivity index (χ2v) is 6.49. The van der Waals surface area contributed by atoms with E-state index in [9.17, 15) is 4.79 Å². The van der Waals surface area contributed by atoms with Crippen LogP contribution in [0.1, 0.15) is 12.1 Å². The molecule has 1 N–H and O–H groups in total. The Hall–Kier alpha value is -1.92. The molecule has 2 saturated heterocycles. The maximum Gasteiger partial charge on any atom is 0.227 e. The van der Waals surface area contributed by atoms with Gasteiger partial charge in [-0.3, -0.25) is 9.69 Å². The molecule has 2 aromatic heterocycles. The molecule has 1 amide bonds. The molecule has 2 fully saturated rings. The highest BCUT2D eigenvalue weighted by molar-refractivity contribution is 5.79. The van der Waals surface area contributed by atoms with Crippen LogP contribution in [-0.2, 0) is 11.3 Å².